The lowest BCUT2D eigenvalue weighted by Crippen LogP contribution is -2.41. The summed E-state index contributed by atoms with van der Waals surface area (Å²) >= 11 is 0. The summed E-state index contributed by atoms with van der Waals surface area (Å²) in [7, 11) is 1.60. The number of carboxylic acids is 1. The lowest BCUT2D eigenvalue weighted by Gasteiger charge is -2.27. The molecule has 0 bridgehead atoms. The van der Waals surface area contributed by atoms with Crippen LogP contribution in [0.4, 0.5) is 14.9 Å². The van der Waals surface area contributed by atoms with Crippen LogP contribution < -0.4 is 4.90 Å². The van der Waals surface area contributed by atoms with Gasteiger partial charge in [-0.15, -0.1) is 0 Å². The average Bonchev–Trinajstić information content (AvgIpc) is 2.39. The maximum Gasteiger partial charge on any atom is 0.324 e. The molecule has 0 saturated carbocycles. The first-order valence-corrected chi connectivity index (χ1v) is 6.45. The summed E-state index contributed by atoms with van der Waals surface area (Å²) in [5.41, 5.74) is 0.489. The highest BCUT2D eigenvalue weighted by Crippen LogP contribution is 2.17. The number of carbonyl (C=O) groups excluding carboxylic acids is 1. The summed E-state index contributed by atoms with van der Waals surface area (Å²) in [6.07, 6.45) is 0.405. The van der Waals surface area contributed by atoms with Crippen molar-refractivity contribution >= 4 is 17.7 Å². The molecule has 20 heavy (non-hydrogen) atoms. The number of hydrogen-bond donors (Lipinski definition) is 1. The van der Waals surface area contributed by atoms with Gasteiger partial charge < -0.3 is 10.0 Å². The van der Waals surface area contributed by atoms with Crippen LogP contribution in [0.15, 0.2) is 24.3 Å². The molecule has 1 aromatic carbocycles. The molecule has 0 fully saturated rings. The average molecular weight is 282 g/mol. The van der Waals surface area contributed by atoms with Crippen LogP contribution in [0.3, 0.4) is 0 Å². The fourth-order valence-corrected chi connectivity index (χ4v) is 1.84. The number of amides is 2. The minimum absolute atomic E-state index is 0.0176. The molecule has 0 radical (unpaired) electrons. The summed E-state index contributed by atoms with van der Waals surface area (Å²) in [4.78, 5) is 25.6. The lowest BCUT2D eigenvalue weighted by molar-refractivity contribution is -0.137. The molecule has 0 aliphatic carbocycles. The van der Waals surface area contributed by atoms with Crippen molar-refractivity contribution in [3.8, 4) is 0 Å². The van der Waals surface area contributed by atoms with Crippen molar-refractivity contribution in [2.45, 2.75) is 19.8 Å². The maximum absolute atomic E-state index is 13.2. The highest BCUT2D eigenvalue weighted by atomic mass is 19.1. The van der Waals surface area contributed by atoms with E-state index in [0.29, 0.717) is 25.2 Å². The number of carboxylic acid groups (broad SMARTS) is 1. The standard InChI is InChI=1S/C14H19FN2O3/c1-3-17(12-7-4-6-11(15)10-12)14(20)16(2)9-5-8-13(18)19/h4,6-7,10H,3,5,8-9H2,1-2H3,(H,18,19). The van der Waals surface area contributed by atoms with Gasteiger partial charge in [-0.3, -0.25) is 9.69 Å². The van der Waals surface area contributed by atoms with Gasteiger partial charge in [-0.1, -0.05) is 6.07 Å². The van der Waals surface area contributed by atoms with E-state index in [1.54, 1.807) is 26.1 Å². The molecule has 5 nitrogen and oxygen atoms in total. The van der Waals surface area contributed by atoms with E-state index in [0.717, 1.165) is 0 Å². The smallest absolute Gasteiger partial charge is 0.324 e. The number of halogens is 1. The summed E-state index contributed by atoms with van der Waals surface area (Å²) in [6, 6.07) is 5.55. The quantitative estimate of drug-likeness (QED) is 0.872. The molecule has 110 valence electrons. The summed E-state index contributed by atoms with van der Waals surface area (Å²) in [6.45, 7) is 2.55. The van der Waals surface area contributed by atoms with Crippen LogP contribution in [0.2, 0.25) is 0 Å². The minimum atomic E-state index is -0.886. The van der Waals surface area contributed by atoms with Crippen LogP contribution in [0.25, 0.3) is 0 Å². The van der Waals surface area contributed by atoms with Gasteiger partial charge in [0, 0.05) is 32.2 Å². The molecule has 0 atom stereocenters. The van der Waals surface area contributed by atoms with Crippen LogP contribution in [-0.2, 0) is 4.79 Å². The van der Waals surface area contributed by atoms with Gasteiger partial charge in [0.2, 0.25) is 0 Å². The number of urea groups is 1. The third kappa shape index (κ3) is 4.53. The summed E-state index contributed by atoms with van der Waals surface area (Å²) in [5.74, 6) is -1.29. The SMILES string of the molecule is CCN(C(=O)N(C)CCCC(=O)O)c1cccc(F)c1. The second-order valence-corrected chi connectivity index (χ2v) is 4.43. The first kappa shape index (κ1) is 15.9. The van der Waals surface area contributed by atoms with Crippen molar-refractivity contribution < 1.29 is 19.1 Å². The molecule has 0 aromatic heterocycles. The molecule has 6 heteroatoms. The third-order valence-electron chi connectivity index (χ3n) is 2.88. The highest BCUT2D eigenvalue weighted by molar-refractivity contribution is 5.91. The fourth-order valence-electron chi connectivity index (χ4n) is 1.84. The Morgan fingerprint density at radius 2 is 2.05 bits per heavy atom. The summed E-state index contributed by atoms with van der Waals surface area (Å²) < 4.78 is 13.2. The summed E-state index contributed by atoms with van der Waals surface area (Å²) in [5, 5.41) is 8.57. The van der Waals surface area contributed by atoms with Crippen LogP contribution in [0.5, 0.6) is 0 Å². The van der Waals surface area contributed by atoms with E-state index in [1.165, 1.54) is 21.9 Å². The Bertz CT molecular complexity index is 479. The van der Waals surface area contributed by atoms with Crippen LogP contribution in [0, 0.1) is 5.82 Å². The zero-order chi connectivity index (χ0) is 15.1. The van der Waals surface area contributed by atoms with Crippen molar-refractivity contribution in [3.63, 3.8) is 0 Å². The predicted molar refractivity (Wildman–Crippen MR) is 74.3 cm³/mol. The number of rotatable bonds is 6. The number of aliphatic carboxylic acids is 1. The molecule has 0 saturated heterocycles. The van der Waals surface area contributed by atoms with E-state index in [4.69, 9.17) is 5.11 Å². The van der Waals surface area contributed by atoms with Gasteiger partial charge in [0.05, 0.1) is 0 Å². The van der Waals surface area contributed by atoms with Crippen LogP contribution >= 0.6 is 0 Å². The predicted octanol–water partition coefficient (Wildman–Crippen LogP) is 2.57. The van der Waals surface area contributed by atoms with Crippen molar-refractivity contribution in [2.24, 2.45) is 0 Å². The first-order valence-electron chi connectivity index (χ1n) is 6.45. The van der Waals surface area contributed by atoms with E-state index in [2.05, 4.69) is 0 Å². The topological polar surface area (TPSA) is 60.9 Å². The molecule has 2 amide bonds. The Hall–Kier alpha value is -2.11. The molecular formula is C14H19FN2O3. The number of nitrogens with zero attached hydrogens (tertiary/aromatic N) is 2. The van der Waals surface area contributed by atoms with Gasteiger partial charge in [-0.2, -0.15) is 0 Å². The van der Waals surface area contributed by atoms with Gasteiger partial charge in [0.1, 0.15) is 5.82 Å². The molecule has 0 spiro atoms. The van der Waals surface area contributed by atoms with Crippen LogP contribution in [0.1, 0.15) is 19.8 Å². The largest absolute Gasteiger partial charge is 0.481 e. The molecule has 0 heterocycles. The zero-order valence-electron chi connectivity index (χ0n) is 11.7. The molecule has 1 N–H and O–H groups in total. The van der Waals surface area contributed by atoms with Gasteiger partial charge >= 0.3 is 12.0 Å². The molecule has 0 unspecified atom stereocenters. The van der Waals surface area contributed by atoms with Crippen molar-refractivity contribution in [1.29, 1.82) is 0 Å². The zero-order valence-corrected chi connectivity index (χ0v) is 11.7. The van der Waals surface area contributed by atoms with E-state index < -0.39 is 11.8 Å². The van der Waals surface area contributed by atoms with Gasteiger partial charge in [-0.25, -0.2) is 9.18 Å². The Kier molecular flexibility index (Phi) is 5.96. The lowest BCUT2D eigenvalue weighted by atomic mass is 10.2. The third-order valence-corrected chi connectivity index (χ3v) is 2.88. The molecular weight excluding hydrogens is 263 g/mol. The van der Waals surface area contributed by atoms with Gasteiger partial charge in [-0.05, 0) is 31.5 Å². The van der Waals surface area contributed by atoms with Gasteiger partial charge in [0.25, 0.3) is 0 Å². The Labute approximate surface area is 117 Å². The Morgan fingerprint density at radius 1 is 1.35 bits per heavy atom. The Morgan fingerprint density at radius 3 is 2.60 bits per heavy atom. The number of anilines is 1. The number of carbonyl (C=O) groups is 2. The van der Waals surface area contributed by atoms with E-state index in [9.17, 15) is 14.0 Å². The van der Waals surface area contributed by atoms with Crippen molar-refractivity contribution in [3.05, 3.63) is 30.1 Å². The van der Waals surface area contributed by atoms with Crippen molar-refractivity contribution in [2.75, 3.05) is 25.0 Å². The monoisotopic (exact) mass is 282 g/mol. The fraction of sp³-hybridized carbons (Fsp3) is 0.429. The second-order valence-electron chi connectivity index (χ2n) is 4.43. The molecule has 1 aromatic rings. The van der Waals surface area contributed by atoms with Crippen LogP contribution in [-0.4, -0.2) is 42.1 Å². The van der Waals surface area contributed by atoms with E-state index in [1.807, 2.05) is 0 Å². The highest BCUT2D eigenvalue weighted by Gasteiger charge is 2.18. The van der Waals surface area contributed by atoms with E-state index >= 15 is 0 Å². The molecule has 0 aliphatic rings. The normalized spacial score (nSPS) is 10.2. The number of hydrogen-bond acceptors (Lipinski definition) is 2. The molecule has 1 rings (SSSR count). The Balaban J connectivity index is 2.69. The first-order chi connectivity index (χ1) is 9.45. The van der Waals surface area contributed by atoms with Crippen molar-refractivity contribution in [1.82, 2.24) is 4.90 Å². The van der Waals surface area contributed by atoms with E-state index in [-0.39, 0.29) is 12.5 Å². The molecule has 0 aliphatic heterocycles. The maximum atomic E-state index is 13.2. The number of benzene rings is 1. The van der Waals surface area contributed by atoms with Gasteiger partial charge in [0.15, 0.2) is 0 Å². The second kappa shape index (κ2) is 7.47. The minimum Gasteiger partial charge on any atom is -0.481 e.